The Labute approximate surface area is 127 Å². The molecule has 0 aliphatic rings. The Hall–Kier alpha value is -1.94. The van der Waals surface area contributed by atoms with E-state index in [-0.39, 0.29) is 11.9 Å². The van der Waals surface area contributed by atoms with E-state index in [2.05, 4.69) is 5.32 Å². The van der Waals surface area contributed by atoms with Gasteiger partial charge >= 0.3 is 0 Å². The van der Waals surface area contributed by atoms with E-state index in [1.54, 1.807) is 0 Å². The van der Waals surface area contributed by atoms with Crippen LogP contribution >= 0.6 is 0 Å². The number of amides is 1. The van der Waals surface area contributed by atoms with E-state index in [0.29, 0.717) is 5.75 Å². The SMILES string of the molecule is CC(=O)N[C@H](CS(=O)c1ccc(C)cc1)c1ccccc1. The number of nitrogens with one attached hydrogen (secondary N) is 1. The quantitative estimate of drug-likeness (QED) is 0.923. The summed E-state index contributed by atoms with van der Waals surface area (Å²) < 4.78 is 12.5. The summed E-state index contributed by atoms with van der Waals surface area (Å²) in [6, 6.07) is 17.0. The highest BCUT2D eigenvalue weighted by molar-refractivity contribution is 7.85. The Morgan fingerprint density at radius 2 is 1.71 bits per heavy atom. The summed E-state index contributed by atoms with van der Waals surface area (Å²) >= 11 is 0. The third-order valence-corrected chi connectivity index (χ3v) is 4.62. The first-order valence-electron chi connectivity index (χ1n) is 6.83. The molecule has 1 N–H and O–H groups in total. The lowest BCUT2D eigenvalue weighted by atomic mass is 10.1. The maximum Gasteiger partial charge on any atom is 0.217 e. The van der Waals surface area contributed by atoms with Gasteiger partial charge in [-0.2, -0.15) is 0 Å². The molecule has 1 amide bonds. The Bertz CT molecular complexity index is 623. The van der Waals surface area contributed by atoms with Gasteiger partial charge in [-0.3, -0.25) is 9.00 Å². The molecule has 3 nitrogen and oxygen atoms in total. The van der Waals surface area contributed by atoms with Gasteiger partial charge in [-0.1, -0.05) is 48.0 Å². The third-order valence-electron chi connectivity index (χ3n) is 3.18. The van der Waals surface area contributed by atoms with Gasteiger partial charge in [0.25, 0.3) is 0 Å². The summed E-state index contributed by atoms with van der Waals surface area (Å²) in [6.07, 6.45) is 0. The number of aryl methyl sites for hydroxylation is 1. The zero-order valence-electron chi connectivity index (χ0n) is 12.2. The van der Waals surface area contributed by atoms with Crippen molar-refractivity contribution >= 4 is 16.7 Å². The molecular formula is C17H19NO2S. The van der Waals surface area contributed by atoms with Crippen LogP contribution < -0.4 is 5.32 Å². The first-order chi connectivity index (χ1) is 10.1. The fourth-order valence-electron chi connectivity index (χ4n) is 2.09. The molecule has 0 radical (unpaired) electrons. The first-order valence-corrected chi connectivity index (χ1v) is 8.15. The molecule has 110 valence electrons. The predicted molar refractivity (Wildman–Crippen MR) is 85.5 cm³/mol. The van der Waals surface area contributed by atoms with Crippen molar-refractivity contribution in [2.24, 2.45) is 0 Å². The number of carbonyl (C=O) groups excluding carboxylic acids is 1. The molecule has 2 aromatic carbocycles. The fraction of sp³-hybridized carbons (Fsp3) is 0.235. The topological polar surface area (TPSA) is 46.2 Å². The highest BCUT2D eigenvalue weighted by Crippen LogP contribution is 2.18. The van der Waals surface area contributed by atoms with E-state index in [9.17, 15) is 9.00 Å². The van der Waals surface area contributed by atoms with Crippen LogP contribution in [0.4, 0.5) is 0 Å². The molecule has 0 aromatic heterocycles. The largest absolute Gasteiger partial charge is 0.349 e. The minimum Gasteiger partial charge on any atom is -0.349 e. The average Bonchev–Trinajstić information content (AvgIpc) is 2.47. The van der Waals surface area contributed by atoms with Crippen LogP contribution in [0.1, 0.15) is 24.1 Å². The maximum atomic E-state index is 12.5. The minimum atomic E-state index is -1.15. The lowest BCUT2D eigenvalue weighted by Crippen LogP contribution is -2.30. The average molecular weight is 301 g/mol. The van der Waals surface area contributed by atoms with Gasteiger partial charge < -0.3 is 5.32 Å². The van der Waals surface area contributed by atoms with E-state index in [1.165, 1.54) is 6.92 Å². The summed E-state index contributed by atoms with van der Waals surface area (Å²) in [5.41, 5.74) is 2.10. The van der Waals surface area contributed by atoms with Gasteiger partial charge in [-0.05, 0) is 24.6 Å². The van der Waals surface area contributed by atoms with Crippen LogP contribution in [-0.4, -0.2) is 15.9 Å². The van der Waals surface area contributed by atoms with Crippen LogP contribution in [0.2, 0.25) is 0 Å². The number of hydrogen-bond acceptors (Lipinski definition) is 2. The molecular weight excluding hydrogens is 282 g/mol. The molecule has 0 fully saturated rings. The van der Waals surface area contributed by atoms with Gasteiger partial charge in [0.05, 0.1) is 22.6 Å². The van der Waals surface area contributed by atoms with Gasteiger partial charge in [-0.15, -0.1) is 0 Å². The smallest absolute Gasteiger partial charge is 0.217 e. The van der Waals surface area contributed by atoms with Gasteiger partial charge in [0.2, 0.25) is 5.91 Å². The second kappa shape index (κ2) is 7.18. The van der Waals surface area contributed by atoms with Crippen molar-refractivity contribution in [1.82, 2.24) is 5.32 Å². The summed E-state index contributed by atoms with van der Waals surface area (Å²) in [5, 5.41) is 2.88. The van der Waals surface area contributed by atoms with Gasteiger partial charge in [-0.25, -0.2) is 0 Å². The van der Waals surface area contributed by atoms with Crippen molar-refractivity contribution in [3.63, 3.8) is 0 Å². The summed E-state index contributed by atoms with van der Waals surface area (Å²) in [4.78, 5) is 12.2. The molecule has 0 saturated heterocycles. The number of hydrogen-bond donors (Lipinski definition) is 1. The van der Waals surface area contributed by atoms with E-state index < -0.39 is 10.8 Å². The summed E-state index contributed by atoms with van der Waals surface area (Å²) in [5.74, 6) is 0.247. The molecule has 2 atom stereocenters. The minimum absolute atomic E-state index is 0.121. The van der Waals surface area contributed by atoms with Crippen LogP contribution in [0.25, 0.3) is 0 Å². The van der Waals surface area contributed by atoms with Crippen molar-refractivity contribution in [3.8, 4) is 0 Å². The number of rotatable bonds is 5. The van der Waals surface area contributed by atoms with Crippen LogP contribution in [0, 0.1) is 6.92 Å². The fourth-order valence-corrected chi connectivity index (χ4v) is 3.30. The molecule has 2 rings (SSSR count). The molecule has 1 unspecified atom stereocenters. The molecule has 21 heavy (non-hydrogen) atoms. The van der Waals surface area contributed by atoms with E-state index in [0.717, 1.165) is 16.0 Å². The number of benzene rings is 2. The lowest BCUT2D eigenvalue weighted by Gasteiger charge is -2.18. The Morgan fingerprint density at radius 3 is 2.29 bits per heavy atom. The molecule has 0 heterocycles. The molecule has 2 aromatic rings. The van der Waals surface area contributed by atoms with Crippen molar-refractivity contribution in [2.75, 3.05) is 5.75 Å². The Balaban J connectivity index is 2.17. The van der Waals surface area contributed by atoms with E-state index in [4.69, 9.17) is 0 Å². The Kier molecular flexibility index (Phi) is 5.28. The molecule has 0 aliphatic carbocycles. The van der Waals surface area contributed by atoms with E-state index >= 15 is 0 Å². The highest BCUT2D eigenvalue weighted by atomic mass is 32.2. The third kappa shape index (κ3) is 4.53. The van der Waals surface area contributed by atoms with Crippen molar-refractivity contribution in [2.45, 2.75) is 24.8 Å². The van der Waals surface area contributed by atoms with Crippen molar-refractivity contribution < 1.29 is 9.00 Å². The second-order valence-electron chi connectivity index (χ2n) is 4.99. The van der Waals surface area contributed by atoms with E-state index in [1.807, 2.05) is 61.5 Å². The van der Waals surface area contributed by atoms with Crippen molar-refractivity contribution in [3.05, 3.63) is 65.7 Å². The Morgan fingerprint density at radius 1 is 1.10 bits per heavy atom. The van der Waals surface area contributed by atoms with Gasteiger partial charge in [0, 0.05) is 11.8 Å². The summed E-state index contributed by atoms with van der Waals surface area (Å²) in [6.45, 7) is 3.47. The molecule has 0 spiro atoms. The monoisotopic (exact) mass is 301 g/mol. The molecule has 0 saturated carbocycles. The molecule has 0 bridgehead atoms. The zero-order chi connectivity index (χ0) is 15.2. The van der Waals surface area contributed by atoms with Gasteiger partial charge in [0.15, 0.2) is 0 Å². The highest BCUT2D eigenvalue weighted by Gasteiger charge is 2.17. The maximum absolute atomic E-state index is 12.5. The standard InChI is InChI=1S/C17H19NO2S/c1-13-8-10-16(11-9-13)21(20)12-17(18-14(2)19)15-6-4-3-5-7-15/h3-11,17H,12H2,1-2H3,(H,18,19)/t17-,21?/m1/s1. The number of carbonyl (C=O) groups is 1. The van der Waals surface area contributed by atoms with Gasteiger partial charge in [0.1, 0.15) is 0 Å². The summed E-state index contributed by atoms with van der Waals surface area (Å²) in [7, 11) is -1.15. The second-order valence-corrected chi connectivity index (χ2v) is 6.48. The van der Waals surface area contributed by atoms with Crippen molar-refractivity contribution in [1.29, 1.82) is 0 Å². The van der Waals surface area contributed by atoms with Crippen LogP contribution in [0.15, 0.2) is 59.5 Å². The lowest BCUT2D eigenvalue weighted by molar-refractivity contribution is -0.119. The van der Waals surface area contributed by atoms with Crippen LogP contribution in [0.5, 0.6) is 0 Å². The zero-order valence-corrected chi connectivity index (χ0v) is 13.0. The predicted octanol–water partition coefficient (Wildman–Crippen LogP) is 2.98. The van der Waals surface area contributed by atoms with Crippen LogP contribution in [0.3, 0.4) is 0 Å². The molecule has 4 heteroatoms. The van der Waals surface area contributed by atoms with Crippen LogP contribution in [-0.2, 0) is 15.6 Å². The normalized spacial score (nSPS) is 13.4. The first kappa shape index (κ1) is 15.4. The molecule has 0 aliphatic heterocycles.